The zero-order valence-corrected chi connectivity index (χ0v) is 17.9. The summed E-state index contributed by atoms with van der Waals surface area (Å²) in [6.45, 7) is 6.30. The van der Waals surface area contributed by atoms with Crippen LogP contribution in [0.2, 0.25) is 0 Å². The molecule has 162 valence electrons. The number of anilines is 1. The molecule has 7 nitrogen and oxygen atoms in total. The standard InChI is InChI=1S/C22H27N3O4.ClH/c1-2-17-19(23-21(27)18(20(17)26)22(28)29)14-5-7-15(8-6-14)25-12-9-16(13-25)24-10-3-4-11-24;/h5-8,16H,2-4,9-13H2,1H3,(H,28,29)(H2,23,26,27);1H. The molecular weight excluding hydrogens is 406 g/mol. The lowest BCUT2D eigenvalue weighted by Crippen LogP contribution is -2.35. The number of halogens is 1. The van der Waals surface area contributed by atoms with Gasteiger partial charge in [0.1, 0.15) is 5.75 Å². The number of carboxylic acids is 1. The van der Waals surface area contributed by atoms with Crippen molar-refractivity contribution in [2.75, 3.05) is 31.1 Å². The first-order valence-electron chi connectivity index (χ1n) is 10.3. The molecule has 30 heavy (non-hydrogen) atoms. The smallest absolute Gasteiger partial charge is 0.345 e. The number of nitrogens with zero attached hydrogens (tertiary/aromatic N) is 2. The summed E-state index contributed by atoms with van der Waals surface area (Å²) < 4.78 is 0. The highest BCUT2D eigenvalue weighted by atomic mass is 35.5. The number of hydrogen-bond donors (Lipinski definition) is 3. The summed E-state index contributed by atoms with van der Waals surface area (Å²) in [5.74, 6) is -1.88. The van der Waals surface area contributed by atoms with Gasteiger partial charge in [-0.25, -0.2) is 4.79 Å². The highest BCUT2D eigenvalue weighted by molar-refractivity contribution is 5.92. The van der Waals surface area contributed by atoms with Gasteiger partial charge in [-0.1, -0.05) is 19.1 Å². The maximum atomic E-state index is 12.2. The second-order valence-corrected chi connectivity index (χ2v) is 7.87. The minimum Gasteiger partial charge on any atom is -0.506 e. The molecule has 0 aliphatic carbocycles. The molecule has 0 radical (unpaired) electrons. The molecule has 2 aromatic rings. The molecule has 1 unspecified atom stereocenters. The molecule has 0 spiro atoms. The van der Waals surface area contributed by atoms with Gasteiger partial charge in [-0.2, -0.15) is 0 Å². The van der Waals surface area contributed by atoms with Crippen LogP contribution in [0, 0.1) is 0 Å². The third-order valence-electron chi connectivity index (χ3n) is 6.20. The lowest BCUT2D eigenvalue weighted by atomic mass is 10.0. The molecule has 3 N–H and O–H groups in total. The van der Waals surface area contributed by atoms with E-state index in [4.69, 9.17) is 0 Å². The third kappa shape index (κ3) is 4.04. The fourth-order valence-electron chi connectivity index (χ4n) is 4.64. The fourth-order valence-corrected chi connectivity index (χ4v) is 4.64. The maximum absolute atomic E-state index is 12.2. The van der Waals surface area contributed by atoms with E-state index in [1.807, 2.05) is 31.2 Å². The molecule has 2 saturated heterocycles. The van der Waals surface area contributed by atoms with Crippen molar-refractivity contribution in [2.45, 2.75) is 38.6 Å². The summed E-state index contributed by atoms with van der Waals surface area (Å²) in [5, 5.41) is 19.5. The molecule has 0 bridgehead atoms. The van der Waals surface area contributed by atoms with E-state index in [-0.39, 0.29) is 12.4 Å². The van der Waals surface area contributed by atoms with Gasteiger partial charge < -0.3 is 20.1 Å². The first kappa shape index (κ1) is 22.2. The number of nitrogens with one attached hydrogen (secondary N) is 1. The Morgan fingerprint density at radius 2 is 1.83 bits per heavy atom. The third-order valence-corrected chi connectivity index (χ3v) is 6.20. The summed E-state index contributed by atoms with van der Waals surface area (Å²) in [5.41, 5.74) is 1.41. The predicted molar refractivity (Wildman–Crippen MR) is 119 cm³/mol. The number of pyridine rings is 1. The molecule has 0 saturated carbocycles. The quantitative estimate of drug-likeness (QED) is 0.670. The Bertz CT molecular complexity index is 968. The van der Waals surface area contributed by atoms with Crippen molar-refractivity contribution in [1.82, 2.24) is 9.88 Å². The number of aromatic carboxylic acids is 1. The van der Waals surface area contributed by atoms with Crippen LogP contribution in [0.25, 0.3) is 11.3 Å². The summed E-state index contributed by atoms with van der Waals surface area (Å²) >= 11 is 0. The van der Waals surface area contributed by atoms with Gasteiger partial charge in [-0.3, -0.25) is 9.69 Å². The Balaban J connectivity index is 0.00000256. The zero-order valence-electron chi connectivity index (χ0n) is 17.1. The number of aromatic nitrogens is 1. The largest absolute Gasteiger partial charge is 0.506 e. The number of benzene rings is 1. The van der Waals surface area contributed by atoms with Crippen molar-refractivity contribution in [1.29, 1.82) is 0 Å². The van der Waals surface area contributed by atoms with Crippen LogP contribution >= 0.6 is 12.4 Å². The second kappa shape index (κ2) is 9.10. The monoisotopic (exact) mass is 433 g/mol. The van der Waals surface area contributed by atoms with Crippen LogP contribution in [-0.2, 0) is 6.42 Å². The van der Waals surface area contributed by atoms with Crippen molar-refractivity contribution < 1.29 is 15.0 Å². The van der Waals surface area contributed by atoms with Crippen LogP contribution in [0.5, 0.6) is 5.75 Å². The fraction of sp³-hybridized carbons (Fsp3) is 0.455. The number of H-pyrrole nitrogens is 1. The van der Waals surface area contributed by atoms with Gasteiger partial charge in [0, 0.05) is 30.4 Å². The minimum atomic E-state index is -1.43. The van der Waals surface area contributed by atoms with Gasteiger partial charge in [0.15, 0.2) is 5.56 Å². The number of carboxylic acid groups (broad SMARTS) is 1. The van der Waals surface area contributed by atoms with Gasteiger partial charge in [-0.05, 0) is 56.5 Å². The summed E-state index contributed by atoms with van der Waals surface area (Å²) in [4.78, 5) is 31.1. The number of likely N-dealkylation sites (tertiary alicyclic amines) is 1. The molecule has 1 aromatic carbocycles. The predicted octanol–water partition coefficient (Wildman–Crippen LogP) is 3.10. The molecule has 0 amide bonds. The van der Waals surface area contributed by atoms with E-state index in [1.54, 1.807) is 0 Å². The van der Waals surface area contributed by atoms with Crippen LogP contribution in [0.1, 0.15) is 42.1 Å². The van der Waals surface area contributed by atoms with E-state index >= 15 is 0 Å². The van der Waals surface area contributed by atoms with Crippen molar-refractivity contribution >= 4 is 24.1 Å². The lowest BCUT2D eigenvalue weighted by molar-refractivity contribution is 0.0691. The van der Waals surface area contributed by atoms with Crippen molar-refractivity contribution in [3.63, 3.8) is 0 Å². The highest BCUT2D eigenvalue weighted by Gasteiger charge is 2.29. The van der Waals surface area contributed by atoms with Crippen LogP contribution in [0.4, 0.5) is 5.69 Å². The van der Waals surface area contributed by atoms with Crippen molar-refractivity contribution in [3.8, 4) is 17.0 Å². The summed E-state index contributed by atoms with van der Waals surface area (Å²) in [7, 11) is 0. The van der Waals surface area contributed by atoms with Gasteiger partial charge in [-0.15, -0.1) is 12.4 Å². The average Bonchev–Trinajstić information content (AvgIpc) is 3.39. The van der Waals surface area contributed by atoms with E-state index < -0.39 is 22.8 Å². The molecule has 2 aliphatic rings. The Morgan fingerprint density at radius 3 is 2.43 bits per heavy atom. The molecular formula is C22H28ClN3O4. The molecule has 8 heteroatoms. The molecule has 1 aromatic heterocycles. The minimum absolute atomic E-state index is 0. The molecule has 2 fully saturated rings. The second-order valence-electron chi connectivity index (χ2n) is 7.87. The summed E-state index contributed by atoms with van der Waals surface area (Å²) in [6, 6.07) is 8.52. The topological polar surface area (TPSA) is 96.9 Å². The van der Waals surface area contributed by atoms with E-state index in [2.05, 4.69) is 14.8 Å². The number of rotatable bonds is 5. The maximum Gasteiger partial charge on any atom is 0.345 e. The van der Waals surface area contributed by atoms with Crippen LogP contribution in [0.15, 0.2) is 29.1 Å². The lowest BCUT2D eigenvalue weighted by Gasteiger charge is -2.24. The number of aromatic amines is 1. The zero-order chi connectivity index (χ0) is 20.5. The van der Waals surface area contributed by atoms with E-state index in [0.29, 0.717) is 23.7 Å². The highest BCUT2D eigenvalue weighted by Crippen LogP contribution is 2.32. The molecule has 3 heterocycles. The van der Waals surface area contributed by atoms with Crippen molar-refractivity contribution in [2.24, 2.45) is 0 Å². The normalized spacial score (nSPS) is 19.1. The Morgan fingerprint density at radius 1 is 1.17 bits per heavy atom. The van der Waals surface area contributed by atoms with Crippen LogP contribution < -0.4 is 10.5 Å². The number of aromatic hydroxyl groups is 1. The van der Waals surface area contributed by atoms with Gasteiger partial charge >= 0.3 is 5.97 Å². The van der Waals surface area contributed by atoms with Crippen LogP contribution in [0.3, 0.4) is 0 Å². The molecule has 2 aliphatic heterocycles. The first-order valence-corrected chi connectivity index (χ1v) is 10.3. The number of hydrogen-bond acceptors (Lipinski definition) is 5. The SMILES string of the molecule is CCc1c(-c2ccc(N3CCC(N4CCCC4)C3)cc2)[nH]c(=O)c(C(=O)O)c1O.Cl. The number of carbonyl (C=O) groups is 1. The van der Waals surface area contributed by atoms with E-state index in [1.165, 1.54) is 32.4 Å². The van der Waals surface area contributed by atoms with E-state index in [9.17, 15) is 19.8 Å². The Hall–Kier alpha value is -2.51. The van der Waals surface area contributed by atoms with E-state index in [0.717, 1.165) is 24.3 Å². The Labute approximate surface area is 181 Å². The van der Waals surface area contributed by atoms with Crippen molar-refractivity contribution in [3.05, 3.63) is 45.7 Å². The van der Waals surface area contributed by atoms with Crippen LogP contribution in [-0.4, -0.2) is 58.3 Å². The Kier molecular flexibility index (Phi) is 6.73. The summed E-state index contributed by atoms with van der Waals surface area (Å²) in [6.07, 6.45) is 4.19. The molecule has 1 atom stereocenters. The van der Waals surface area contributed by atoms with Gasteiger partial charge in [0.05, 0.1) is 5.69 Å². The first-order chi connectivity index (χ1) is 14.0. The molecule has 4 rings (SSSR count). The average molecular weight is 434 g/mol. The van der Waals surface area contributed by atoms with Gasteiger partial charge in [0.2, 0.25) is 0 Å². The van der Waals surface area contributed by atoms with Gasteiger partial charge in [0.25, 0.3) is 5.56 Å².